The molecule has 0 aliphatic carbocycles. The summed E-state index contributed by atoms with van der Waals surface area (Å²) < 4.78 is 37.0. The Hall–Kier alpha value is -3.27. The quantitative estimate of drug-likeness (QED) is 0.411. The van der Waals surface area contributed by atoms with Crippen molar-refractivity contribution in [3.63, 3.8) is 0 Å². The zero-order valence-electron chi connectivity index (χ0n) is 18.0. The monoisotopic (exact) mass is 482 g/mol. The van der Waals surface area contributed by atoms with Gasteiger partial charge in [-0.3, -0.25) is 14.2 Å². The van der Waals surface area contributed by atoms with Crippen LogP contribution in [0.2, 0.25) is 0 Å². The van der Waals surface area contributed by atoms with Crippen molar-refractivity contribution >= 4 is 33.4 Å². The molecule has 1 saturated heterocycles. The van der Waals surface area contributed by atoms with E-state index in [0.717, 1.165) is 16.9 Å². The molecule has 1 amide bonds. The maximum absolute atomic E-state index is 13.5. The average Bonchev–Trinajstić information content (AvgIpc) is 3.03. The topological polar surface area (TPSA) is 95.9 Å². The van der Waals surface area contributed by atoms with Gasteiger partial charge in [0.1, 0.15) is 11.5 Å². The van der Waals surface area contributed by atoms with Gasteiger partial charge in [-0.2, -0.15) is 8.42 Å². The fourth-order valence-corrected chi connectivity index (χ4v) is 4.85. The lowest BCUT2D eigenvalue weighted by molar-refractivity contribution is -0.129. The molecule has 1 aliphatic heterocycles. The normalized spacial score (nSPS) is 18.3. The minimum Gasteiger partial charge on any atom is -0.497 e. The van der Waals surface area contributed by atoms with E-state index in [1.54, 1.807) is 38.4 Å². The Kier molecular flexibility index (Phi) is 5.96. The molecule has 9 heteroatoms. The first-order chi connectivity index (χ1) is 15.6. The SMILES string of the molecule is COc1cccc(-c2cccc(C3(c4ccc(CS(=O)(=O)O)cc4)NC(=S)N(C)C3=O)c2)c1. The molecule has 0 aromatic heterocycles. The van der Waals surface area contributed by atoms with E-state index in [4.69, 9.17) is 21.5 Å². The van der Waals surface area contributed by atoms with E-state index in [2.05, 4.69) is 5.32 Å². The standard InChI is InChI=1S/C24H22N2O5S2/c1-26-22(27)24(25-23(26)32,19-11-9-16(10-12-19)15-33(28,29)30)20-7-3-5-17(13-20)18-6-4-8-21(14-18)31-2/h3-14H,15H2,1-2H3,(H,25,32)(H,28,29,30). The molecule has 170 valence electrons. The molecule has 1 aliphatic rings. The summed E-state index contributed by atoms with van der Waals surface area (Å²) in [7, 11) is -0.954. The second kappa shape index (κ2) is 8.58. The fraction of sp³-hybridized carbons (Fsp3) is 0.167. The molecule has 1 heterocycles. The summed E-state index contributed by atoms with van der Waals surface area (Å²) >= 11 is 5.39. The van der Waals surface area contributed by atoms with Gasteiger partial charge in [0.05, 0.1) is 7.11 Å². The first-order valence-corrected chi connectivity index (χ1v) is 12.1. The Labute approximate surface area is 197 Å². The molecule has 2 N–H and O–H groups in total. The maximum atomic E-state index is 13.5. The third-order valence-corrected chi connectivity index (χ3v) is 6.73. The van der Waals surface area contributed by atoms with E-state index in [0.29, 0.717) is 16.7 Å². The molecule has 0 bridgehead atoms. The van der Waals surface area contributed by atoms with Crippen LogP contribution in [0.4, 0.5) is 0 Å². The smallest absolute Gasteiger partial charge is 0.269 e. The number of methoxy groups -OCH3 is 1. The highest BCUT2D eigenvalue weighted by atomic mass is 32.2. The van der Waals surface area contributed by atoms with Crippen LogP contribution in [0.3, 0.4) is 0 Å². The first kappa shape index (κ1) is 22.9. The lowest BCUT2D eigenvalue weighted by atomic mass is 9.81. The van der Waals surface area contributed by atoms with Gasteiger partial charge in [0, 0.05) is 7.05 Å². The summed E-state index contributed by atoms with van der Waals surface area (Å²) in [6.07, 6.45) is 0. The Balaban J connectivity index is 1.84. The Morgan fingerprint density at radius 1 is 1.00 bits per heavy atom. The Morgan fingerprint density at radius 3 is 2.21 bits per heavy atom. The molecule has 7 nitrogen and oxygen atoms in total. The minimum absolute atomic E-state index is 0.252. The number of nitrogens with zero attached hydrogens (tertiary/aromatic N) is 1. The highest BCUT2D eigenvalue weighted by Crippen LogP contribution is 2.38. The number of hydrogen-bond acceptors (Lipinski definition) is 5. The van der Waals surface area contributed by atoms with Gasteiger partial charge >= 0.3 is 0 Å². The van der Waals surface area contributed by atoms with Gasteiger partial charge < -0.3 is 10.1 Å². The van der Waals surface area contributed by atoms with Crippen molar-refractivity contribution in [3.05, 3.63) is 89.5 Å². The first-order valence-electron chi connectivity index (χ1n) is 10.0. The number of rotatable bonds is 6. The Morgan fingerprint density at radius 2 is 1.64 bits per heavy atom. The van der Waals surface area contributed by atoms with Crippen molar-refractivity contribution in [2.45, 2.75) is 11.3 Å². The van der Waals surface area contributed by atoms with Crippen molar-refractivity contribution in [3.8, 4) is 16.9 Å². The van der Waals surface area contributed by atoms with Crippen LogP contribution < -0.4 is 10.1 Å². The molecule has 1 atom stereocenters. The van der Waals surface area contributed by atoms with Gasteiger partial charge in [0.25, 0.3) is 16.0 Å². The molecular weight excluding hydrogens is 460 g/mol. The molecule has 1 unspecified atom stereocenters. The second-order valence-electron chi connectivity index (χ2n) is 7.78. The number of amides is 1. The van der Waals surface area contributed by atoms with Gasteiger partial charge in [0.15, 0.2) is 10.7 Å². The molecule has 3 aromatic carbocycles. The van der Waals surface area contributed by atoms with Crippen LogP contribution in [-0.2, 0) is 26.2 Å². The summed E-state index contributed by atoms with van der Waals surface area (Å²) in [6.45, 7) is 0. The molecule has 0 saturated carbocycles. The van der Waals surface area contributed by atoms with E-state index in [-0.39, 0.29) is 11.0 Å². The molecule has 0 radical (unpaired) electrons. The number of nitrogens with one attached hydrogen (secondary N) is 1. The second-order valence-corrected chi connectivity index (χ2v) is 9.62. The zero-order chi connectivity index (χ0) is 23.8. The predicted octanol–water partition coefficient (Wildman–Crippen LogP) is 3.34. The highest BCUT2D eigenvalue weighted by Gasteiger charge is 2.50. The third kappa shape index (κ3) is 4.35. The van der Waals surface area contributed by atoms with Crippen LogP contribution >= 0.6 is 12.2 Å². The molecular formula is C24H22N2O5S2. The van der Waals surface area contributed by atoms with Crippen molar-refractivity contribution in [1.82, 2.24) is 10.2 Å². The number of carbonyl (C=O) groups excluding carboxylic acids is 1. The van der Waals surface area contributed by atoms with Gasteiger partial charge in [-0.15, -0.1) is 0 Å². The summed E-state index contributed by atoms with van der Waals surface area (Å²) in [4.78, 5) is 14.9. The summed E-state index contributed by atoms with van der Waals surface area (Å²) in [5.74, 6) is -0.0403. The summed E-state index contributed by atoms with van der Waals surface area (Å²) in [6, 6.07) is 21.7. The van der Waals surface area contributed by atoms with E-state index in [9.17, 15) is 13.2 Å². The lowest BCUT2D eigenvalue weighted by Gasteiger charge is -2.29. The minimum atomic E-state index is -4.17. The molecule has 1 fully saturated rings. The van der Waals surface area contributed by atoms with Crippen molar-refractivity contribution in [1.29, 1.82) is 0 Å². The van der Waals surface area contributed by atoms with Crippen LogP contribution in [-0.4, -0.2) is 43.0 Å². The van der Waals surface area contributed by atoms with Crippen LogP contribution in [0.5, 0.6) is 5.75 Å². The number of benzene rings is 3. The van der Waals surface area contributed by atoms with Crippen LogP contribution in [0.1, 0.15) is 16.7 Å². The van der Waals surface area contributed by atoms with Crippen molar-refractivity contribution in [2.75, 3.05) is 14.2 Å². The summed E-state index contributed by atoms with van der Waals surface area (Å²) in [5.41, 5.74) is 2.23. The van der Waals surface area contributed by atoms with Gasteiger partial charge in [-0.25, -0.2) is 0 Å². The molecule has 4 rings (SSSR count). The molecule has 3 aromatic rings. The van der Waals surface area contributed by atoms with Gasteiger partial charge in [0.2, 0.25) is 0 Å². The fourth-order valence-electron chi connectivity index (χ4n) is 4.00. The van der Waals surface area contributed by atoms with E-state index in [1.807, 2.05) is 48.5 Å². The summed E-state index contributed by atoms with van der Waals surface area (Å²) in [5, 5.41) is 3.47. The van der Waals surface area contributed by atoms with Crippen LogP contribution in [0, 0.1) is 0 Å². The number of likely N-dealkylation sites (N-methyl/N-ethyl adjacent to an activating group) is 1. The Bertz CT molecular complexity index is 1340. The van der Waals surface area contributed by atoms with E-state index in [1.165, 1.54) is 4.90 Å². The third-order valence-electron chi connectivity index (χ3n) is 5.66. The highest BCUT2D eigenvalue weighted by molar-refractivity contribution is 7.85. The van der Waals surface area contributed by atoms with Crippen LogP contribution in [0.15, 0.2) is 72.8 Å². The number of ether oxygens (including phenoxy) is 1. The number of hydrogen-bond donors (Lipinski definition) is 2. The van der Waals surface area contributed by atoms with Gasteiger partial charge in [-0.1, -0.05) is 54.6 Å². The predicted molar refractivity (Wildman–Crippen MR) is 129 cm³/mol. The maximum Gasteiger partial charge on any atom is 0.269 e. The van der Waals surface area contributed by atoms with E-state index >= 15 is 0 Å². The van der Waals surface area contributed by atoms with Gasteiger partial charge in [-0.05, 0) is 58.2 Å². The zero-order valence-corrected chi connectivity index (χ0v) is 19.6. The molecule has 0 spiro atoms. The molecule has 33 heavy (non-hydrogen) atoms. The van der Waals surface area contributed by atoms with Crippen molar-refractivity contribution < 1.29 is 22.5 Å². The number of thiocarbonyl (C=S) groups is 1. The van der Waals surface area contributed by atoms with Crippen molar-refractivity contribution in [2.24, 2.45) is 0 Å². The lowest BCUT2D eigenvalue weighted by Crippen LogP contribution is -2.45. The largest absolute Gasteiger partial charge is 0.497 e. The number of carbonyl (C=O) groups is 1. The average molecular weight is 483 g/mol. The van der Waals surface area contributed by atoms with E-state index < -0.39 is 21.4 Å². The van der Waals surface area contributed by atoms with Crippen LogP contribution in [0.25, 0.3) is 11.1 Å².